The normalized spacial score (nSPS) is 16.0. The van der Waals surface area contributed by atoms with Crippen LogP contribution in [0.2, 0.25) is 0 Å². The van der Waals surface area contributed by atoms with Gasteiger partial charge in [0, 0.05) is 55.4 Å². The second-order valence-corrected chi connectivity index (χ2v) is 11.9. The maximum atomic E-state index is 10.2. The molecule has 8 rings (SSSR count). The van der Waals surface area contributed by atoms with Crippen molar-refractivity contribution in [1.82, 2.24) is 9.13 Å². The third-order valence-corrected chi connectivity index (χ3v) is 9.40. The second kappa shape index (κ2) is 10.3. The number of aromatic nitrogens is 2. The summed E-state index contributed by atoms with van der Waals surface area (Å²) >= 11 is 0. The lowest BCUT2D eigenvalue weighted by Crippen LogP contribution is -2.13. The van der Waals surface area contributed by atoms with Gasteiger partial charge >= 0.3 is 0 Å². The first-order chi connectivity index (χ1) is 22.1. The van der Waals surface area contributed by atoms with Gasteiger partial charge in [-0.05, 0) is 61.6 Å². The smallest absolute Gasteiger partial charge is 0.101 e. The zero-order valence-corrected chi connectivity index (χ0v) is 24.7. The quantitative estimate of drug-likeness (QED) is 0.210. The molecule has 1 unspecified atom stereocenters. The van der Waals surface area contributed by atoms with Gasteiger partial charge in [0.25, 0.3) is 0 Å². The minimum atomic E-state index is 0.0684. The summed E-state index contributed by atoms with van der Waals surface area (Å²) in [6.07, 6.45) is 8.26. The molecule has 5 heteroatoms. The molecule has 0 saturated carbocycles. The maximum Gasteiger partial charge on any atom is 0.101 e. The van der Waals surface area contributed by atoms with Gasteiger partial charge in [-0.15, -0.1) is 0 Å². The van der Waals surface area contributed by atoms with Gasteiger partial charge in [0.1, 0.15) is 6.07 Å². The third kappa shape index (κ3) is 3.90. The lowest BCUT2D eigenvalue weighted by atomic mass is 9.88. The van der Waals surface area contributed by atoms with Crippen LogP contribution >= 0.6 is 0 Å². The van der Waals surface area contributed by atoms with Gasteiger partial charge in [0.05, 0.1) is 39.9 Å². The van der Waals surface area contributed by atoms with E-state index in [9.17, 15) is 15.8 Å². The molecule has 0 amide bonds. The van der Waals surface area contributed by atoms with Crippen LogP contribution in [0.1, 0.15) is 36.6 Å². The number of rotatable bonds is 3. The van der Waals surface area contributed by atoms with E-state index in [1.807, 2.05) is 36.4 Å². The van der Waals surface area contributed by atoms with Gasteiger partial charge in [0.15, 0.2) is 0 Å². The third-order valence-electron chi connectivity index (χ3n) is 9.40. The van der Waals surface area contributed by atoms with Gasteiger partial charge in [-0.1, -0.05) is 73.7 Å². The monoisotopic (exact) mass is 577 g/mol. The summed E-state index contributed by atoms with van der Waals surface area (Å²) in [6, 6.07) is 36.4. The van der Waals surface area contributed by atoms with E-state index in [1.54, 1.807) is 0 Å². The van der Waals surface area contributed by atoms with E-state index in [0.717, 1.165) is 78.7 Å². The average molecular weight is 578 g/mol. The molecule has 0 spiro atoms. The molecular weight excluding hydrogens is 550 g/mol. The molecule has 0 saturated heterocycles. The molecule has 2 heterocycles. The summed E-state index contributed by atoms with van der Waals surface area (Å²) in [5.74, 6) is 0.0684. The summed E-state index contributed by atoms with van der Waals surface area (Å²) in [5, 5.41) is 33.1. The van der Waals surface area contributed by atoms with Crippen LogP contribution in [-0.4, -0.2) is 9.13 Å². The van der Waals surface area contributed by atoms with Crippen molar-refractivity contribution in [3.8, 4) is 35.0 Å². The first kappa shape index (κ1) is 26.5. The molecule has 4 aromatic carbocycles. The SMILES string of the molecule is CC1Cc2c(c3cccc(-c4cccc5c6ccccc6n(C6=CC=C(C#N)CC6)c45)c3n2-c2ccccc2C#N)C=C1C#N. The molecule has 2 aliphatic carbocycles. The van der Waals surface area contributed by atoms with Crippen LogP contribution in [0.3, 0.4) is 0 Å². The molecule has 212 valence electrons. The molecule has 1 atom stereocenters. The Labute approximate surface area is 261 Å². The van der Waals surface area contributed by atoms with Crippen LogP contribution in [0.5, 0.6) is 0 Å². The van der Waals surface area contributed by atoms with Gasteiger partial charge < -0.3 is 9.13 Å². The standard InChI is InChI=1S/C40H27N5/c1-25-20-38-35(21-28(25)24-43)34-13-7-12-33(40(34)45(38)36-14-4-2-8-27(36)23-42)32-11-6-10-31-30-9-3-5-15-37(30)44(39(31)32)29-18-16-26(22-41)17-19-29/h2-16,18,21,25H,17,19-20H2,1H3. The molecule has 0 bridgehead atoms. The van der Waals surface area contributed by atoms with Crippen molar-refractivity contribution in [2.24, 2.45) is 5.92 Å². The van der Waals surface area contributed by atoms with Gasteiger partial charge in [-0.25, -0.2) is 0 Å². The topological polar surface area (TPSA) is 81.2 Å². The number of benzene rings is 4. The Bertz CT molecular complexity index is 2460. The van der Waals surface area contributed by atoms with E-state index in [2.05, 4.69) is 101 Å². The molecule has 0 fully saturated rings. The summed E-state index contributed by atoms with van der Waals surface area (Å²) in [6.45, 7) is 2.10. The molecule has 2 aromatic heterocycles. The molecule has 5 nitrogen and oxygen atoms in total. The first-order valence-electron chi connectivity index (χ1n) is 15.2. The molecular formula is C40H27N5. The number of nitrogens with zero attached hydrogens (tertiary/aromatic N) is 5. The van der Waals surface area contributed by atoms with Gasteiger partial charge in [-0.3, -0.25) is 0 Å². The Kier molecular flexibility index (Phi) is 6.06. The minimum Gasteiger partial charge on any atom is -0.312 e. The van der Waals surface area contributed by atoms with Crippen molar-refractivity contribution in [2.45, 2.75) is 26.2 Å². The minimum absolute atomic E-state index is 0.0684. The lowest BCUT2D eigenvalue weighted by Gasteiger charge is -2.21. The fourth-order valence-corrected chi connectivity index (χ4v) is 7.30. The summed E-state index contributed by atoms with van der Waals surface area (Å²) in [4.78, 5) is 0. The van der Waals surface area contributed by atoms with Crippen molar-refractivity contribution in [3.63, 3.8) is 0 Å². The van der Waals surface area contributed by atoms with E-state index < -0.39 is 0 Å². The van der Waals surface area contributed by atoms with Crippen LogP contribution in [-0.2, 0) is 6.42 Å². The number of hydrogen-bond acceptors (Lipinski definition) is 3. The number of nitriles is 3. The van der Waals surface area contributed by atoms with Gasteiger partial charge in [0.2, 0.25) is 0 Å². The van der Waals surface area contributed by atoms with Crippen LogP contribution in [0.25, 0.3) is 61.3 Å². The highest BCUT2D eigenvalue weighted by Crippen LogP contribution is 2.45. The summed E-state index contributed by atoms with van der Waals surface area (Å²) in [7, 11) is 0. The van der Waals surface area contributed by atoms with Crippen molar-refractivity contribution in [1.29, 1.82) is 15.8 Å². The average Bonchev–Trinajstić information content (AvgIpc) is 3.60. The first-order valence-corrected chi connectivity index (χ1v) is 15.2. The van der Waals surface area contributed by atoms with E-state index in [4.69, 9.17) is 0 Å². The zero-order chi connectivity index (χ0) is 30.7. The van der Waals surface area contributed by atoms with Crippen molar-refractivity contribution < 1.29 is 0 Å². The molecule has 0 aliphatic heterocycles. The molecule has 45 heavy (non-hydrogen) atoms. The maximum absolute atomic E-state index is 10.2. The Morgan fingerprint density at radius 2 is 1.38 bits per heavy atom. The number of hydrogen-bond donors (Lipinski definition) is 0. The van der Waals surface area contributed by atoms with Crippen LogP contribution in [0.4, 0.5) is 0 Å². The van der Waals surface area contributed by atoms with Crippen molar-refractivity contribution in [3.05, 3.63) is 125 Å². The number of allylic oxidation sites excluding steroid dienone is 5. The number of fused-ring (bicyclic) bond motifs is 6. The predicted octanol–water partition coefficient (Wildman–Crippen LogP) is 9.46. The van der Waals surface area contributed by atoms with Crippen molar-refractivity contribution >= 4 is 44.5 Å². The van der Waals surface area contributed by atoms with Gasteiger partial charge in [-0.2, -0.15) is 15.8 Å². The van der Waals surface area contributed by atoms with E-state index in [-0.39, 0.29) is 5.92 Å². The Morgan fingerprint density at radius 1 is 0.667 bits per heavy atom. The molecule has 0 radical (unpaired) electrons. The van der Waals surface area contributed by atoms with Crippen molar-refractivity contribution in [2.75, 3.05) is 0 Å². The van der Waals surface area contributed by atoms with Crippen LogP contribution in [0.15, 0.2) is 108 Å². The van der Waals surface area contributed by atoms with E-state index in [1.165, 1.54) is 5.39 Å². The fourth-order valence-electron chi connectivity index (χ4n) is 7.30. The number of para-hydroxylation sites is 4. The summed E-state index contributed by atoms with van der Waals surface area (Å²) < 4.78 is 4.64. The summed E-state index contributed by atoms with van der Waals surface area (Å²) in [5.41, 5.74) is 11.8. The van der Waals surface area contributed by atoms with Crippen LogP contribution in [0, 0.1) is 39.9 Å². The predicted molar refractivity (Wildman–Crippen MR) is 180 cm³/mol. The zero-order valence-electron chi connectivity index (χ0n) is 24.7. The second-order valence-electron chi connectivity index (χ2n) is 11.9. The Balaban J connectivity index is 1.53. The highest BCUT2D eigenvalue weighted by Gasteiger charge is 2.28. The fraction of sp³-hybridized carbons (Fsp3) is 0.125. The van der Waals surface area contributed by atoms with E-state index >= 15 is 0 Å². The Morgan fingerprint density at radius 3 is 2.11 bits per heavy atom. The molecule has 2 aliphatic rings. The molecule has 0 N–H and O–H groups in total. The highest BCUT2D eigenvalue weighted by atomic mass is 15.0. The van der Waals surface area contributed by atoms with Crippen LogP contribution < -0.4 is 0 Å². The highest BCUT2D eigenvalue weighted by molar-refractivity contribution is 6.16. The molecule has 6 aromatic rings. The Hall–Kier alpha value is -6.09. The largest absolute Gasteiger partial charge is 0.312 e. The lowest BCUT2D eigenvalue weighted by molar-refractivity contribution is 0.667. The van der Waals surface area contributed by atoms with E-state index in [0.29, 0.717) is 18.4 Å².